The Morgan fingerprint density at radius 2 is 2.41 bits per heavy atom. The van der Waals surface area contributed by atoms with Crippen molar-refractivity contribution in [2.24, 2.45) is 5.92 Å². The van der Waals surface area contributed by atoms with E-state index < -0.39 is 0 Å². The van der Waals surface area contributed by atoms with E-state index in [4.69, 9.17) is 11.6 Å². The molecule has 1 amide bonds. The van der Waals surface area contributed by atoms with Crippen molar-refractivity contribution in [3.05, 3.63) is 29.0 Å². The Labute approximate surface area is 107 Å². The van der Waals surface area contributed by atoms with E-state index in [1.807, 2.05) is 11.0 Å². The van der Waals surface area contributed by atoms with Crippen LogP contribution < -0.4 is 0 Å². The fourth-order valence-corrected chi connectivity index (χ4v) is 2.52. The molecule has 92 valence electrons. The molecule has 0 N–H and O–H groups in total. The highest BCUT2D eigenvalue weighted by molar-refractivity contribution is 6.30. The number of halogens is 1. The normalized spacial score (nSPS) is 20.0. The summed E-state index contributed by atoms with van der Waals surface area (Å²) in [6.07, 6.45) is 4.64. The average molecular weight is 253 g/mol. The minimum atomic E-state index is 0.241. The fraction of sp³-hybridized carbons (Fsp3) is 0.538. The van der Waals surface area contributed by atoms with Crippen LogP contribution >= 0.6 is 11.6 Å². The van der Waals surface area contributed by atoms with Crippen LogP contribution in [-0.4, -0.2) is 22.3 Å². The number of hydrogen-bond donors (Lipinski definition) is 0. The molecule has 4 heteroatoms. The minimum absolute atomic E-state index is 0.241. The molecule has 1 aromatic rings. The summed E-state index contributed by atoms with van der Waals surface area (Å²) in [5, 5.41) is 0.673. The average Bonchev–Trinajstić information content (AvgIpc) is 2.60. The van der Waals surface area contributed by atoms with Crippen LogP contribution in [0.1, 0.15) is 31.9 Å². The Bertz CT molecular complexity index is 408. The number of hydrogen-bond acceptors (Lipinski definition) is 2. The fourth-order valence-electron chi connectivity index (χ4n) is 2.34. The van der Waals surface area contributed by atoms with Crippen molar-refractivity contribution in [2.75, 3.05) is 6.54 Å². The molecular weight excluding hydrogens is 236 g/mol. The maximum absolute atomic E-state index is 11.8. The lowest BCUT2D eigenvalue weighted by atomic mass is 10.0. The van der Waals surface area contributed by atoms with Gasteiger partial charge in [0.15, 0.2) is 0 Å². The van der Waals surface area contributed by atoms with Gasteiger partial charge in [-0.3, -0.25) is 9.78 Å². The van der Waals surface area contributed by atoms with Gasteiger partial charge in [0.25, 0.3) is 0 Å². The second-order valence-corrected chi connectivity index (χ2v) is 5.03. The molecule has 17 heavy (non-hydrogen) atoms. The third-order valence-electron chi connectivity index (χ3n) is 3.12. The van der Waals surface area contributed by atoms with E-state index in [1.54, 1.807) is 12.3 Å². The monoisotopic (exact) mass is 252 g/mol. The van der Waals surface area contributed by atoms with Crippen LogP contribution in [0.25, 0.3) is 0 Å². The zero-order chi connectivity index (χ0) is 12.3. The number of amides is 1. The molecule has 0 aromatic carbocycles. The molecule has 0 spiro atoms. The van der Waals surface area contributed by atoms with Crippen LogP contribution in [0.4, 0.5) is 0 Å². The highest BCUT2D eigenvalue weighted by Gasteiger charge is 2.28. The SMILES string of the molecule is CCCC1CC(=O)N(Cc2cc(Cl)ccn2)C1. The summed E-state index contributed by atoms with van der Waals surface area (Å²) in [6, 6.07) is 3.57. The molecule has 1 atom stereocenters. The first-order valence-corrected chi connectivity index (χ1v) is 6.45. The summed E-state index contributed by atoms with van der Waals surface area (Å²) in [4.78, 5) is 17.9. The van der Waals surface area contributed by atoms with E-state index in [0.717, 1.165) is 25.1 Å². The summed E-state index contributed by atoms with van der Waals surface area (Å²) in [5.41, 5.74) is 0.864. The standard InChI is InChI=1S/C13H17ClN2O/c1-2-3-10-6-13(17)16(8-10)9-12-7-11(14)4-5-15-12/h4-5,7,10H,2-3,6,8-9H2,1H3. The van der Waals surface area contributed by atoms with Crippen molar-refractivity contribution in [3.8, 4) is 0 Å². The smallest absolute Gasteiger partial charge is 0.223 e. The lowest BCUT2D eigenvalue weighted by molar-refractivity contribution is -0.128. The van der Waals surface area contributed by atoms with E-state index in [9.17, 15) is 4.79 Å². The van der Waals surface area contributed by atoms with Gasteiger partial charge in [-0.25, -0.2) is 0 Å². The van der Waals surface area contributed by atoms with Gasteiger partial charge in [0, 0.05) is 24.2 Å². The molecule has 3 nitrogen and oxygen atoms in total. The van der Waals surface area contributed by atoms with Crippen molar-refractivity contribution < 1.29 is 4.79 Å². The highest BCUT2D eigenvalue weighted by atomic mass is 35.5. The Morgan fingerprint density at radius 3 is 3.12 bits per heavy atom. The van der Waals surface area contributed by atoms with Gasteiger partial charge in [-0.2, -0.15) is 0 Å². The molecule has 0 aliphatic carbocycles. The van der Waals surface area contributed by atoms with Gasteiger partial charge in [-0.15, -0.1) is 0 Å². The third kappa shape index (κ3) is 3.19. The van der Waals surface area contributed by atoms with E-state index in [0.29, 0.717) is 23.9 Å². The molecule has 0 bridgehead atoms. The van der Waals surface area contributed by atoms with Crippen molar-refractivity contribution in [2.45, 2.75) is 32.7 Å². The topological polar surface area (TPSA) is 33.2 Å². The van der Waals surface area contributed by atoms with Gasteiger partial charge >= 0.3 is 0 Å². The summed E-state index contributed by atoms with van der Waals surface area (Å²) in [5.74, 6) is 0.761. The van der Waals surface area contributed by atoms with Crippen LogP contribution in [0.2, 0.25) is 5.02 Å². The number of carbonyl (C=O) groups excluding carboxylic acids is 1. The van der Waals surface area contributed by atoms with Crippen molar-refractivity contribution >= 4 is 17.5 Å². The predicted molar refractivity (Wildman–Crippen MR) is 67.7 cm³/mol. The van der Waals surface area contributed by atoms with E-state index >= 15 is 0 Å². The number of likely N-dealkylation sites (tertiary alicyclic amines) is 1. The van der Waals surface area contributed by atoms with Crippen molar-refractivity contribution in [3.63, 3.8) is 0 Å². The maximum Gasteiger partial charge on any atom is 0.223 e. The lowest BCUT2D eigenvalue weighted by Crippen LogP contribution is -2.25. The van der Waals surface area contributed by atoms with Crippen LogP contribution in [0.15, 0.2) is 18.3 Å². The summed E-state index contributed by atoms with van der Waals surface area (Å²) in [6.45, 7) is 3.60. The van der Waals surface area contributed by atoms with Crippen LogP contribution in [-0.2, 0) is 11.3 Å². The number of rotatable bonds is 4. The molecule has 0 radical (unpaired) electrons. The van der Waals surface area contributed by atoms with Crippen molar-refractivity contribution in [1.82, 2.24) is 9.88 Å². The van der Waals surface area contributed by atoms with E-state index in [2.05, 4.69) is 11.9 Å². The molecule has 1 aromatic heterocycles. The van der Waals surface area contributed by atoms with Crippen LogP contribution in [0.3, 0.4) is 0 Å². The first-order valence-electron chi connectivity index (χ1n) is 6.07. The number of nitrogens with zero attached hydrogens (tertiary/aromatic N) is 2. The largest absolute Gasteiger partial charge is 0.336 e. The highest BCUT2D eigenvalue weighted by Crippen LogP contribution is 2.23. The number of pyridine rings is 1. The molecule has 2 heterocycles. The Hall–Kier alpha value is -1.09. The summed E-state index contributed by atoms with van der Waals surface area (Å²) in [7, 11) is 0. The van der Waals surface area contributed by atoms with Crippen LogP contribution in [0.5, 0.6) is 0 Å². The maximum atomic E-state index is 11.8. The van der Waals surface area contributed by atoms with Gasteiger partial charge < -0.3 is 4.90 Å². The summed E-state index contributed by atoms with van der Waals surface area (Å²) >= 11 is 5.90. The molecule has 1 unspecified atom stereocenters. The van der Waals surface area contributed by atoms with E-state index in [-0.39, 0.29) is 5.91 Å². The van der Waals surface area contributed by atoms with Crippen LogP contribution in [0, 0.1) is 5.92 Å². The second-order valence-electron chi connectivity index (χ2n) is 4.60. The predicted octanol–water partition coefficient (Wildman–Crippen LogP) is 2.88. The van der Waals surface area contributed by atoms with Gasteiger partial charge in [0.2, 0.25) is 5.91 Å². The molecule has 1 fully saturated rings. The zero-order valence-electron chi connectivity index (χ0n) is 10.0. The number of carbonyl (C=O) groups is 1. The third-order valence-corrected chi connectivity index (χ3v) is 3.36. The number of aromatic nitrogens is 1. The van der Waals surface area contributed by atoms with Gasteiger partial charge in [0.05, 0.1) is 12.2 Å². The summed E-state index contributed by atoms with van der Waals surface area (Å²) < 4.78 is 0. The van der Waals surface area contributed by atoms with Gasteiger partial charge in [0.1, 0.15) is 0 Å². The zero-order valence-corrected chi connectivity index (χ0v) is 10.8. The molecule has 0 saturated carbocycles. The molecule has 1 saturated heterocycles. The molecule has 2 rings (SSSR count). The molecule has 1 aliphatic rings. The Balaban J connectivity index is 1.98. The Kier molecular flexibility index (Phi) is 4.00. The molecular formula is C13H17ClN2O. The lowest BCUT2D eigenvalue weighted by Gasteiger charge is -2.16. The van der Waals surface area contributed by atoms with E-state index in [1.165, 1.54) is 0 Å². The molecule has 1 aliphatic heterocycles. The minimum Gasteiger partial charge on any atom is -0.336 e. The quantitative estimate of drug-likeness (QED) is 0.826. The van der Waals surface area contributed by atoms with Gasteiger partial charge in [-0.05, 0) is 24.5 Å². The van der Waals surface area contributed by atoms with Crippen molar-refractivity contribution in [1.29, 1.82) is 0 Å². The first-order chi connectivity index (χ1) is 8.19. The first kappa shape index (κ1) is 12.4. The second kappa shape index (κ2) is 5.50. The Morgan fingerprint density at radius 1 is 1.59 bits per heavy atom. The van der Waals surface area contributed by atoms with Gasteiger partial charge in [-0.1, -0.05) is 24.9 Å².